The zero-order valence-electron chi connectivity index (χ0n) is 6.85. The van der Waals surface area contributed by atoms with Crippen LogP contribution in [0.4, 0.5) is 13.2 Å². The van der Waals surface area contributed by atoms with Crippen LogP contribution < -0.4 is 0 Å². The van der Waals surface area contributed by atoms with Crippen molar-refractivity contribution in [1.82, 2.24) is 0 Å². The number of carbonyl (C=O) groups excluding carboxylic acids is 1. The molecule has 0 aliphatic carbocycles. The summed E-state index contributed by atoms with van der Waals surface area (Å²) >= 11 is 0. The van der Waals surface area contributed by atoms with Gasteiger partial charge in [-0.3, -0.25) is 0 Å². The van der Waals surface area contributed by atoms with Crippen LogP contribution in [0.5, 0.6) is 0 Å². The van der Waals surface area contributed by atoms with Crippen molar-refractivity contribution in [3.8, 4) is 0 Å². The summed E-state index contributed by atoms with van der Waals surface area (Å²) in [7, 11) is 0. The van der Waals surface area contributed by atoms with Crippen LogP contribution in [-0.2, 0) is 4.79 Å². The van der Waals surface area contributed by atoms with Gasteiger partial charge >= 0.3 is 0 Å². The molecule has 1 unspecified atom stereocenters. The van der Waals surface area contributed by atoms with Crippen LogP contribution >= 0.6 is 0 Å². The summed E-state index contributed by atoms with van der Waals surface area (Å²) < 4.78 is 38.0. The molecule has 1 rings (SSSR count). The second kappa shape index (κ2) is 3.60. The largest absolute Gasteiger partial charge is 0.303 e. The predicted molar refractivity (Wildman–Crippen MR) is 40.8 cm³/mol. The van der Waals surface area contributed by atoms with Gasteiger partial charge in [0.15, 0.2) is 17.5 Å². The van der Waals surface area contributed by atoms with E-state index in [0.29, 0.717) is 6.29 Å². The number of hydrogen-bond donors (Lipinski definition) is 0. The van der Waals surface area contributed by atoms with E-state index in [1.807, 2.05) is 0 Å². The zero-order valence-corrected chi connectivity index (χ0v) is 6.85. The Kier molecular flexibility index (Phi) is 2.70. The zero-order chi connectivity index (χ0) is 10.0. The average Bonchev–Trinajstić information content (AvgIpc) is 2.13. The monoisotopic (exact) mass is 188 g/mol. The maximum absolute atomic E-state index is 12.9. The normalized spacial score (nSPS) is 12.6. The Labute approximate surface area is 73.2 Å². The molecule has 70 valence electrons. The van der Waals surface area contributed by atoms with Gasteiger partial charge in [-0.15, -0.1) is 0 Å². The maximum Gasteiger partial charge on any atom is 0.194 e. The van der Waals surface area contributed by atoms with Gasteiger partial charge < -0.3 is 4.79 Å². The molecular weight excluding hydrogens is 181 g/mol. The van der Waals surface area contributed by atoms with Crippen molar-refractivity contribution in [3.05, 3.63) is 35.1 Å². The molecule has 0 heterocycles. The lowest BCUT2D eigenvalue weighted by Crippen LogP contribution is -2.02. The third kappa shape index (κ3) is 1.71. The quantitative estimate of drug-likeness (QED) is 0.514. The van der Waals surface area contributed by atoms with Gasteiger partial charge in [-0.2, -0.15) is 0 Å². The molecule has 0 N–H and O–H groups in total. The molecule has 0 fully saturated rings. The summed E-state index contributed by atoms with van der Waals surface area (Å²) in [5, 5.41) is 0. The van der Waals surface area contributed by atoms with Crippen molar-refractivity contribution in [1.29, 1.82) is 0 Å². The second-order valence-corrected chi connectivity index (χ2v) is 2.69. The molecule has 0 aliphatic heterocycles. The lowest BCUT2D eigenvalue weighted by molar-refractivity contribution is -0.108. The van der Waals surface area contributed by atoms with Gasteiger partial charge in [0.05, 0.1) is 0 Å². The molecule has 0 aromatic heterocycles. The van der Waals surface area contributed by atoms with E-state index in [-0.39, 0.29) is 5.56 Å². The van der Waals surface area contributed by atoms with Crippen molar-refractivity contribution in [2.45, 2.75) is 12.8 Å². The first-order chi connectivity index (χ1) is 6.07. The topological polar surface area (TPSA) is 17.1 Å². The summed E-state index contributed by atoms with van der Waals surface area (Å²) in [6.07, 6.45) is 0.468. The van der Waals surface area contributed by atoms with E-state index in [4.69, 9.17) is 0 Å². The number of rotatable bonds is 2. The molecule has 1 aromatic carbocycles. The minimum atomic E-state index is -1.54. The average molecular weight is 188 g/mol. The van der Waals surface area contributed by atoms with Gasteiger partial charge in [-0.1, -0.05) is 13.0 Å². The number of halogens is 3. The third-order valence-corrected chi connectivity index (χ3v) is 1.76. The fraction of sp³-hybridized carbons (Fsp3) is 0.222. The Bertz CT molecular complexity index is 336. The van der Waals surface area contributed by atoms with Crippen molar-refractivity contribution in [2.75, 3.05) is 0 Å². The highest BCUT2D eigenvalue weighted by Crippen LogP contribution is 2.21. The van der Waals surface area contributed by atoms with E-state index in [1.54, 1.807) is 0 Å². The summed E-state index contributed by atoms with van der Waals surface area (Å²) in [6, 6.07) is 1.86. The van der Waals surface area contributed by atoms with Crippen molar-refractivity contribution in [3.63, 3.8) is 0 Å². The highest BCUT2D eigenvalue weighted by atomic mass is 19.2. The first kappa shape index (κ1) is 9.77. The second-order valence-electron chi connectivity index (χ2n) is 2.69. The van der Waals surface area contributed by atoms with Gasteiger partial charge in [0.1, 0.15) is 6.29 Å². The van der Waals surface area contributed by atoms with Crippen molar-refractivity contribution in [2.24, 2.45) is 0 Å². The van der Waals surface area contributed by atoms with Crippen LogP contribution in [0.1, 0.15) is 18.4 Å². The SMILES string of the molecule is CC(C=O)c1ccc(F)c(F)c1F. The molecular formula is C9H7F3O. The van der Waals surface area contributed by atoms with Crippen LogP contribution in [0, 0.1) is 17.5 Å². The van der Waals surface area contributed by atoms with E-state index in [2.05, 4.69) is 0 Å². The van der Waals surface area contributed by atoms with Gasteiger partial charge in [0, 0.05) is 11.5 Å². The first-order valence-corrected chi connectivity index (χ1v) is 3.66. The van der Waals surface area contributed by atoms with Crippen LogP contribution in [0.2, 0.25) is 0 Å². The molecule has 0 spiro atoms. The van der Waals surface area contributed by atoms with E-state index >= 15 is 0 Å². The Morgan fingerprint density at radius 3 is 2.38 bits per heavy atom. The van der Waals surface area contributed by atoms with Crippen molar-refractivity contribution >= 4 is 6.29 Å². The Morgan fingerprint density at radius 2 is 1.85 bits per heavy atom. The van der Waals surface area contributed by atoms with E-state index in [0.717, 1.165) is 12.1 Å². The number of benzene rings is 1. The maximum atomic E-state index is 12.9. The van der Waals surface area contributed by atoms with E-state index in [9.17, 15) is 18.0 Å². The first-order valence-electron chi connectivity index (χ1n) is 3.66. The smallest absolute Gasteiger partial charge is 0.194 e. The summed E-state index contributed by atoms with van der Waals surface area (Å²) in [6.45, 7) is 1.41. The highest BCUT2D eigenvalue weighted by molar-refractivity contribution is 5.61. The van der Waals surface area contributed by atoms with Crippen LogP contribution in [-0.4, -0.2) is 6.29 Å². The fourth-order valence-electron chi connectivity index (χ4n) is 0.966. The standard InChI is InChI=1S/C9H7F3O/c1-5(4-13)6-2-3-7(10)9(12)8(6)11/h2-5H,1H3. The number of carbonyl (C=O) groups is 1. The molecule has 4 heteroatoms. The Hall–Kier alpha value is -1.32. The molecule has 0 saturated heterocycles. The Morgan fingerprint density at radius 1 is 1.23 bits per heavy atom. The molecule has 0 amide bonds. The minimum absolute atomic E-state index is 0.131. The van der Waals surface area contributed by atoms with Crippen LogP contribution in [0.25, 0.3) is 0 Å². The number of aldehydes is 1. The van der Waals surface area contributed by atoms with Crippen LogP contribution in [0.15, 0.2) is 12.1 Å². The molecule has 0 saturated carbocycles. The predicted octanol–water partition coefficient (Wildman–Crippen LogP) is 2.41. The van der Waals surface area contributed by atoms with Gasteiger partial charge in [0.25, 0.3) is 0 Å². The van der Waals surface area contributed by atoms with Gasteiger partial charge in [-0.25, -0.2) is 13.2 Å². The molecule has 0 radical (unpaired) electrons. The molecule has 0 aliphatic rings. The third-order valence-electron chi connectivity index (χ3n) is 1.76. The number of hydrogen-bond acceptors (Lipinski definition) is 1. The highest BCUT2D eigenvalue weighted by Gasteiger charge is 2.16. The van der Waals surface area contributed by atoms with Crippen molar-refractivity contribution < 1.29 is 18.0 Å². The lowest BCUT2D eigenvalue weighted by atomic mass is 10.0. The van der Waals surface area contributed by atoms with E-state index in [1.165, 1.54) is 6.92 Å². The molecule has 1 aromatic rings. The lowest BCUT2D eigenvalue weighted by Gasteiger charge is -2.06. The Balaban J connectivity index is 3.25. The van der Waals surface area contributed by atoms with Crippen LogP contribution in [0.3, 0.4) is 0 Å². The van der Waals surface area contributed by atoms with E-state index < -0.39 is 23.4 Å². The summed E-state index contributed by atoms with van der Waals surface area (Å²) in [4.78, 5) is 10.3. The summed E-state index contributed by atoms with van der Waals surface area (Å²) in [5.41, 5.74) is -0.131. The molecule has 1 nitrogen and oxygen atoms in total. The van der Waals surface area contributed by atoms with Gasteiger partial charge in [-0.05, 0) is 6.07 Å². The summed E-state index contributed by atoms with van der Waals surface area (Å²) in [5.74, 6) is -4.85. The minimum Gasteiger partial charge on any atom is -0.303 e. The van der Waals surface area contributed by atoms with Gasteiger partial charge in [0.2, 0.25) is 0 Å². The molecule has 0 bridgehead atoms. The molecule has 13 heavy (non-hydrogen) atoms. The molecule has 1 atom stereocenters. The fourth-order valence-corrected chi connectivity index (χ4v) is 0.966.